The number of rotatable bonds is 0. The number of ether oxygens (including phenoxy) is 1. The van der Waals surface area contributed by atoms with Crippen LogP contribution in [0.1, 0.15) is 0 Å². The molecule has 0 atom stereocenters. The first kappa shape index (κ1) is 10.7. The Morgan fingerprint density at radius 2 is 1.33 bits per heavy atom. The largest absolute Gasteiger partial charge is 0.387 e. The first-order valence-electron chi connectivity index (χ1n) is 1.73. The highest BCUT2D eigenvalue weighted by molar-refractivity contribution is 6.04. The molecule has 0 radical (unpaired) electrons. The highest BCUT2D eigenvalue weighted by Crippen LogP contribution is 1.92. The number of hydrogen-bond acceptors (Lipinski definition) is 5. The zero-order valence-corrected chi connectivity index (χ0v) is 4.79. The molecule has 0 amide bonds. The van der Waals surface area contributed by atoms with Crippen molar-refractivity contribution in [2.75, 3.05) is 0 Å². The zero-order valence-electron chi connectivity index (χ0n) is 4.79. The van der Waals surface area contributed by atoms with Gasteiger partial charge in [-0.3, -0.25) is 0 Å². The summed E-state index contributed by atoms with van der Waals surface area (Å²) in [5.74, 6) is -1.16. The fraction of sp³-hybridized carbons (Fsp3) is 0. The van der Waals surface area contributed by atoms with E-state index < -0.39 is 11.9 Å². The number of hydrogen-bond donors (Lipinski definition) is 2. The molecule has 1 aliphatic heterocycles. The molecular formula is C4H8N2O3. The molecule has 1 rings (SSSR count). The summed E-state index contributed by atoms with van der Waals surface area (Å²) in [5.41, 5.74) is 0. The summed E-state index contributed by atoms with van der Waals surface area (Å²) in [7, 11) is 0. The molecule has 0 aromatic carbocycles. The Morgan fingerprint density at radius 1 is 1.00 bits per heavy atom. The van der Waals surface area contributed by atoms with Crippen molar-refractivity contribution in [3.8, 4) is 0 Å². The molecule has 0 spiro atoms. The van der Waals surface area contributed by atoms with Crippen LogP contribution in [0, 0.1) is 0 Å². The summed E-state index contributed by atoms with van der Waals surface area (Å²) in [4.78, 5) is 19.8. The van der Waals surface area contributed by atoms with Crippen LogP contribution in [0.2, 0.25) is 0 Å². The Labute approximate surface area is 51.8 Å². The third-order valence-electron chi connectivity index (χ3n) is 0.557. The van der Waals surface area contributed by atoms with E-state index in [0.29, 0.717) is 0 Å². The van der Waals surface area contributed by atoms with Gasteiger partial charge in [0.25, 0.3) is 0 Å². The van der Waals surface area contributed by atoms with Crippen LogP contribution in [0.5, 0.6) is 0 Å². The number of carbonyl (C=O) groups is 2. The lowest BCUT2D eigenvalue weighted by atomic mass is 10.6. The van der Waals surface area contributed by atoms with Crippen molar-refractivity contribution < 1.29 is 14.3 Å². The molecule has 0 fully saturated rings. The van der Waals surface area contributed by atoms with E-state index in [0.717, 1.165) is 12.2 Å². The van der Waals surface area contributed by atoms with Crippen molar-refractivity contribution in [1.82, 2.24) is 12.3 Å². The van der Waals surface area contributed by atoms with Crippen molar-refractivity contribution in [2.45, 2.75) is 0 Å². The Morgan fingerprint density at radius 3 is 1.44 bits per heavy atom. The van der Waals surface area contributed by atoms with Gasteiger partial charge in [-0.2, -0.15) is 0 Å². The van der Waals surface area contributed by atoms with Gasteiger partial charge in [-0.25, -0.2) is 9.59 Å². The minimum absolute atomic E-state index is 0. The van der Waals surface area contributed by atoms with E-state index in [2.05, 4.69) is 4.74 Å². The molecule has 0 aromatic rings. The van der Waals surface area contributed by atoms with Gasteiger partial charge in [-0.1, -0.05) is 0 Å². The van der Waals surface area contributed by atoms with Gasteiger partial charge in [0.1, 0.15) is 0 Å². The van der Waals surface area contributed by atoms with Crippen LogP contribution < -0.4 is 12.3 Å². The Hall–Kier alpha value is -1.20. The van der Waals surface area contributed by atoms with Crippen LogP contribution >= 0.6 is 0 Å². The average Bonchev–Trinajstić information content (AvgIpc) is 1.87. The van der Waals surface area contributed by atoms with Crippen LogP contribution in [0.4, 0.5) is 0 Å². The zero-order chi connectivity index (χ0) is 5.28. The normalized spacial score (nSPS) is 13.8. The molecule has 0 saturated carbocycles. The van der Waals surface area contributed by atoms with Gasteiger partial charge in [0, 0.05) is 12.2 Å². The molecule has 0 aliphatic carbocycles. The Kier molecular flexibility index (Phi) is 4.48. The van der Waals surface area contributed by atoms with Crippen molar-refractivity contribution in [1.29, 1.82) is 0 Å². The standard InChI is InChI=1S/C4H2O3.2H3N/c5-3-1-2-4(6)7-3;;/h1-2H;2*1H3. The van der Waals surface area contributed by atoms with E-state index in [1.165, 1.54) is 0 Å². The minimum Gasteiger partial charge on any atom is -0.387 e. The lowest BCUT2D eigenvalue weighted by Crippen LogP contribution is -1.96. The maximum Gasteiger partial charge on any atom is 0.338 e. The van der Waals surface area contributed by atoms with E-state index in [1.54, 1.807) is 0 Å². The summed E-state index contributed by atoms with van der Waals surface area (Å²) in [6, 6.07) is 0. The van der Waals surface area contributed by atoms with Gasteiger partial charge in [0.15, 0.2) is 0 Å². The van der Waals surface area contributed by atoms with Crippen molar-refractivity contribution >= 4 is 11.9 Å². The molecule has 9 heavy (non-hydrogen) atoms. The summed E-state index contributed by atoms with van der Waals surface area (Å²) >= 11 is 0. The molecule has 6 N–H and O–H groups in total. The van der Waals surface area contributed by atoms with Crippen molar-refractivity contribution in [3.05, 3.63) is 12.2 Å². The summed E-state index contributed by atoms with van der Waals surface area (Å²) in [6.45, 7) is 0. The molecule has 1 aliphatic rings. The third kappa shape index (κ3) is 2.58. The van der Waals surface area contributed by atoms with Crippen molar-refractivity contribution in [2.24, 2.45) is 0 Å². The highest BCUT2D eigenvalue weighted by Gasteiger charge is 2.10. The van der Waals surface area contributed by atoms with Gasteiger partial charge >= 0.3 is 11.9 Å². The van der Waals surface area contributed by atoms with Gasteiger partial charge < -0.3 is 17.0 Å². The second-order valence-electron chi connectivity index (χ2n) is 1.07. The fourth-order valence-electron chi connectivity index (χ4n) is 0.303. The monoisotopic (exact) mass is 132 g/mol. The molecular weight excluding hydrogens is 124 g/mol. The molecule has 52 valence electrons. The SMILES string of the molecule is N.N.O=C1C=CC(=O)O1. The maximum absolute atomic E-state index is 9.92. The maximum atomic E-state index is 9.92. The summed E-state index contributed by atoms with van der Waals surface area (Å²) in [5, 5.41) is 0. The molecule has 0 aromatic heterocycles. The lowest BCUT2D eigenvalue weighted by molar-refractivity contribution is -0.150. The van der Waals surface area contributed by atoms with Gasteiger partial charge in [-0.05, 0) is 0 Å². The van der Waals surface area contributed by atoms with Crippen LogP contribution in [0.25, 0.3) is 0 Å². The smallest absolute Gasteiger partial charge is 0.338 e. The lowest BCUT2D eigenvalue weighted by Gasteiger charge is -1.80. The predicted octanol–water partition coefficient (Wildman–Crippen LogP) is -0.0500. The number of carbonyl (C=O) groups excluding carboxylic acids is 2. The number of cyclic esters (lactones) is 2. The first-order chi connectivity index (χ1) is 3.29. The summed E-state index contributed by atoms with van der Waals surface area (Å²) < 4.78 is 3.97. The molecule has 0 unspecified atom stereocenters. The predicted molar refractivity (Wildman–Crippen MR) is 30.3 cm³/mol. The molecule has 5 heteroatoms. The first-order valence-corrected chi connectivity index (χ1v) is 1.73. The third-order valence-corrected chi connectivity index (χ3v) is 0.557. The van der Waals surface area contributed by atoms with Crippen LogP contribution in [0.3, 0.4) is 0 Å². The molecule has 1 heterocycles. The number of esters is 2. The average molecular weight is 132 g/mol. The highest BCUT2D eigenvalue weighted by atomic mass is 16.6. The van der Waals surface area contributed by atoms with E-state index in [1.807, 2.05) is 0 Å². The van der Waals surface area contributed by atoms with E-state index in [9.17, 15) is 9.59 Å². The van der Waals surface area contributed by atoms with Crippen LogP contribution in [-0.4, -0.2) is 11.9 Å². The van der Waals surface area contributed by atoms with E-state index in [-0.39, 0.29) is 12.3 Å². The minimum atomic E-state index is -0.579. The van der Waals surface area contributed by atoms with Crippen LogP contribution in [0.15, 0.2) is 12.2 Å². The summed E-state index contributed by atoms with van der Waals surface area (Å²) in [6.07, 6.45) is 2.17. The van der Waals surface area contributed by atoms with Gasteiger partial charge in [0.2, 0.25) is 0 Å². The second-order valence-corrected chi connectivity index (χ2v) is 1.07. The Bertz CT molecular complexity index is 136. The van der Waals surface area contributed by atoms with Gasteiger partial charge in [0.05, 0.1) is 0 Å². The van der Waals surface area contributed by atoms with E-state index >= 15 is 0 Å². The van der Waals surface area contributed by atoms with Crippen molar-refractivity contribution in [3.63, 3.8) is 0 Å². The molecule has 0 bridgehead atoms. The van der Waals surface area contributed by atoms with Gasteiger partial charge in [-0.15, -0.1) is 0 Å². The quantitative estimate of drug-likeness (QED) is 0.354. The topological polar surface area (TPSA) is 113 Å². The Balaban J connectivity index is 0. The fourth-order valence-corrected chi connectivity index (χ4v) is 0.303. The van der Waals surface area contributed by atoms with E-state index in [4.69, 9.17) is 0 Å². The van der Waals surface area contributed by atoms with Crippen LogP contribution in [-0.2, 0) is 14.3 Å². The second kappa shape index (κ2) is 3.76. The molecule has 5 nitrogen and oxygen atoms in total. The molecule has 0 saturated heterocycles.